The summed E-state index contributed by atoms with van der Waals surface area (Å²) in [6, 6.07) is 6.94. The standard InChI is InChI=1S/C27H35N3O7S/c1-16-24(38-15-29-16)18-7-5-17(6-8-18)11-28-25(35)22-10-19(31)12-30(22)26(36)21(27(2,3)4)9-20(32)13-37-14-23(33)34/h5-8,15,19,21-22,31H,9-14H2,1-4H3,(H,28,35)(H,33,34)/t19-,21-,22+/m1/s1. The molecule has 10 nitrogen and oxygen atoms in total. The van der Waals surface area contributed by atoms with E-state index < -0.39 is 54.4 Å². The lowest BCUT2D eigenvalue weighted by Gasteiger charge is -2.34. The van der Waals surface area contributed by atoms with Gasteiger partial charge in [-0.3, -0.25) is 14.4 Å². The van der Waals surface area contributed by atoms with Crippen molar-refractivity contribution in [2.24, 2.45) is 11.3 Å². The summed E-state index contributed by atoms with van der Waals surface area (Å²) < 4.78 is 4.88. The number of aromatic nitrogens is 1. The summed E-state index contributed by atoms with van der Waals surface area (Å²) in [6.45, 7) is 6.65. The zero-order valence-corrected chi connectivity index (χ0v) is 22.9. The van der Waals surface area contributed by atoms with Crippen molar-refractivity contribution < 1.29 is 34.1 Å². The number of rotatable bonds is 11. The number of aliphatic carboxylic acids is 1. The summed E-state index contributed by atoms with van der Waals surface area (Å²) in [4.78, 5) is 56.5. The quantitative estimate of drug-likeness (QED) is 0.390. The Morgan fingerprint density at radius 1 is 1.18 bits per heavy atom. The fraction of sp³-hybridized carbons (Fsp3) is 0.519. The van der Waals surface area contributed by atoms with Crippen LogP contribution in [0.3, 0.4) is 0 Å². The zero-order chi connectivity index (χ0) is 28.0. The summed E-state index contributed by atoms with van der Waals surface area (Å²) >= 11 is 1.57. The van der Waals surface area contributed by atoms with E-state index in [1.54, 1.807) is 16.8 Å². The highest BCUT2D eigenvalue weighted by Crippen LogP contribution is 2.33. The Morgan fingerprint density at radius 2 is 1.87 bits per heavy atom. The molecule has 0 saturated carbocycles. The molecule has 1 aliphatic heterocycles. The van der Waals surface area contributed by atoms with Crippen LogP contribution in [0.2, 0.25) is 0 Å². The zero-order valence-electron chi connectivity index (χ0n) is 22.1. The number of carboxylic acid groups (broad SMARTS) is 1. The predicted octanol–water partition coefficient (Wildman–Crippen LogP) is 2.42. The highest BCUT2D eigenvalue weighted by atomic mass is 32.1. The molecule has 2 aromatic rings. The molecule has 3 N–H and O–H groups in total. The molecule has 1 aromatic heterocycles. The first kappa shape index (κ1) is 29.4. The predicted molar refractivity (Wildman–Crippen MR) is 141 cm³/mol. The number of nitrogens with zero attached hydrogens (tertiary/aromatic N) is 2. The van der Waals surface area contributed by atoms with Crippen LogP contribution in [0.4, 0.5) is 0 Å². The van der Waals surface area contributed by atoms with Crippen LogP contribution in [0, 0.1) is 18.3 Å². The maximum absolute atomic E-state index is 13.6. The van der Waals surface area contributed by atoms with Gasteiger partial charge in [0.25, 0.3) is 0 Å². The van der Waals surface area contributed by atoms with E-state index in [2.05, 4.69) is 10.3 Å². The van der Waals surface area contributed by atoms with Crippen molar-refractivity contribution in [3.63, 3.8) is 0 Å². The monoisotopic (exact) mass is 545 g/mol. The van der Waals surface area contributed by atoms with E-state index in [1.807, 2.05) is 52.0 Å². The molecule has 0 unspecified atom stereocenters. The van der Waals surface area contributed by atoms with Crippen molar-refractivity contribution in [2.75, 3.05) is 19.8 Å². The molecule has 3 rings (SSSR count). The second kappa shape index (κ2) is 12.6. The van der Waals surface area contributed by atoms with E-state index in [0.717, 1.165) is 21.7 Å². The molecule has 3 atom stereocenters. The Bertz CT molecular complexity index is 1160. The topological polar surface area (TPSA) is 146 Å². The Kier molecular flexibility index (Phi) is 9.75. The molecule has 0 radical (unpaired) electrons. The SMILES string of the molecule is Cc1ncsc1-c1ccc(CNC(=O)[C@@H]2C[C@@H](O)CN2C(=O)[C@@H](CC(=O)COCC(=O)O)C(C)(C)C)cc1. The van der Waals surface area contributed by atoms with Gasteiger partial charge in [0.05, 0.1) is 22.2 Å². The second-order valence-electron chi connectivity index (χ2n) is 10.6. The summed E-state index contributed by atoms with van der Waals surface area (Å²) in [5.74, 6) is -3.14. The van der Waals surface area contributed by atoms with Gasteiger partial charge in [-0.2, -0.15) is 0 Å². The van der Waals surface area contributed by atoms with Gasteiger partial charge >= 0.3 is 5.97 Å². The maximum Gasteiger partial charge on any atom is 0.329 e. The molecule has 206 valence electrons. The summed E-state index contributed by atoms with van der Waals surface area (Å²) in [6.07, 6.45) is -0.908. The molecule has 0 bridgehead atoms. The molecular formula is C27H35N3O7S. The van der Waals surface area contributed by atoms with Crippen LogP contribution in [0.5, 0.6) is 0 Å². The number of Topliss-reactive ketones (excluding diaryl/α,β-unsaturated/α-hetero) is 1. The number of aliphatic hydroxyl groups excluding tert-OH is 1. The second-order valence-corrected chi connectivity index (χ2v) is 11.5. The number of thiazole rings is 1. The van der Waals surface area contributed by atoms with Crippen molar-refractivity contribution in [3.8, 4) is 10.4 Å². The van der Waals surface area contributed by atoms with Crippen molar-refractivity contribution in [3.05, 3.63) is 41.0 Å². The van der Waals surface area contributed by atoms with E-state index >= 15 is 0 Å². The van der Waals surface area contributed by atoms with Crippen LogP contribution in [0.25, 0.3) is 10.4 Å². The lowest BCUT2D eigenvalue weighted by Crippen LogP contribution is -2.50. The molecule has 0 aliphatic carbocycles. The average Bonchev–Trinajstić information content (AvgIpc) is 3.45. The van der Waals surface area contributed by atoms with Gasteiger partial charge in [-0.15, -0.1) is 11.3 Å². The summed E-state index contributed by atoms with van der Waals surface area (Å²) in [5.41, 5.74) is 4.08. The van der Waals surface area contributed by atoms with Crippen LogP contribution >= 0.6 is 11.3 Å². The van der Waals surface area contributed by atoms with Gasteiger partial charge in [0.15, 0.2) is 5.78 Å². The van der Waals surface area contributed by atoms with Gasteiger partial charge < -0.3 is 25.2 Å². The number of β-amino-alcohol motifs (C(OH)–C–C–N with tert-alkyl or cyclic N) is 1. The normalized spacial score (nSPS) is 18.3. The lowest BCUT2D eigenvalue weighted by atomic mass is 9.77. The summed E-state index contributed by atoms with van der Waals surface area (Å²) in [5, 5.41) is 21.9. The van der Waals surface area contributed by atoms with Crippen molar-refractivity contribution in [1.29, 1.82) is 0 Å². The number of ether oxygens (including phenoxy) is 1. The fourth-order valence-electron chi connectivity index (χ4n) is 4.47. The lowest BCUT2D eigenvalue weighted by molar-refractivity contribution is -0.148. The Labute approximate surface area is 226 Å². The van der Waals surface area contributed by atoms with Crippen LogP contribution in [-0.4, -0.2) is 75.6 Å². The molecule has 2 heterocycles. The Balaban J connectivity index is 1.64. The van der Waals surface area contributed by atoms with Crippen LogP contribution in [0.15, 0.2) is 29.8 Å². The van der Waals surface area contributed by atoms with Crippen LogP contribution < -0.4 is 5.32 Å². The number of likely N-dealkylation sites (tertiary alicyclic amines) is 1. The van der Waals surface area contributed by atoms with E-state index in [4.69, 9.17) is 9.84 Å². The highest BCUT2D eigenvalue weighted by Gasteiger charge is 2.44. The molecule has 1 saturated heterocycles. The number of hydrogen-bond donors (Lipinski definition) is 3. The molecule has 1 aliphatic rings. The molecule has 1 fully saturated rings. The third kappa shape index (κ3) is 7.68. The molecule has 2 amide bonds. The van der Waals surface area contributed by atoms with Crippen LogP contribution in [-0.2, 0) is 30.5 Å². The number of carboxylic acids is 1. The van der Waals surface area contributed by atoms with Crippen molar-refractivity contribution in [2.45, 2.75) is 59.2 Å². The van der Waals surface area contributed by atoms with Crippen molar-refractivity contribution in [1.82, 2.24) is 15.2 Å². The molecule has 38 heavy (non-hydrogen) atoms. The number of benzene rings is 1. The Morgan fingerprint density at radius 3 is 2.45 bits per heavy atom. The van der Waals surface area contributed by atoms with Gasteiger partial charge in [0.1, 0.15) is 19.3 Å². The maximum atomic E-state index is 13.6. The number of aryl methyl sites for hydroxylation is 1. The number of carbonyl (C=O) groups excluding carboxylic acids is 3. The van der Waals surface area contributed by atoms with E-state index in [-0.39, 0.29) is 31.8 Å². The minimum atomic E-state index is -1.19. The third-order valence-corrected chi connectivity index (χ3v) is 7.53. The number of amides is 2. The number of nitrogens with one attached hydrogen (secondary N) is 1. The molecular weight excluding hydrogens is 510 g/mol. The van der Waals surface area contributed by atoms with Crippen LogP contribution in [0.1, 0.15) is 44.9 Å². The average molecular weight is 546 g/mol. The van der Waals surface area contributed by atoms with Gasteiger partial charge in [0, 0.05) is 31.8 Å². The van der Waals surface area contributed by atoms with Gasteiger partial charge in [-0.25, -0.2) is 9.78 Å². The number of ketones is 1. The first-order valence-corrected chi connectivity index (χ1v) is 13.3. The van der Waals surface area contributed by atoms with Gasteiger partial charge in [-0.05, 0) is 23.5 Å². The molecule has 11 heteroatoms. The largest absolute Gasteiger partial charge is 0.480 e. The smallest absolute Gasteiger partial charge is 0.329 e. The van der Waals surface area contributed by atoms with E-state index in [9.17, 15) is 24.3 Å². The van der Waals surface area contributed by atoms with Crippen molar-refractivity contribution >= 4 is 34.9 Å². The Hall–Kier alpha value is -3.15. The minimum absolute atomic E-state index is 0.00387. The third-order valence-electron chi connectivity index (χ3n) is 6.56. The number of aliphatic hydroxyl groups is 1. The molecule has 1 aromatic carbocycles. The summed E-state index contributed by atoms with van der Waals surface area (Å²) in [7, 11) is 0. The fourth-order valence-corrected chi connectivity index (χ4v) is 5.28. The minimum Gasteiger partial charge on any atom is -0.480 e. The van der Waals surface area contributed by atoms with Gasteiger partial charge in [0.2, 0.25) is 11.8 Å². The first-order valence-electron chi connectivity index (χ1n) is 12.4. The first-order chi connectivity index (χ1) is 17.9. The highest BCUT2D eigenvalue weighted by molar-refractivity contribution is 7.13. The molecule has 0 spiro atoms. The van der Waals surface area contributed by atoms with E-state index in [1.165, 1.54) is 4.90 Å². The van der Waals surface area contributed by atoms with Gasteiger partial charge in [-0.1, -0.05) is 45.0 Å². The number of hydrogen-bond acceptors (Lipinski definition) is 8. The van der Waals surface area contributed by atoms with E-state index in [0.29, 0.717) is 0 Å². The number of carbonyl (C=O) groups is 4.